The monoisotopic (exact) mass is 486 g/mol. The van der Waals surface area contributed by atoms with E-state index in [4.69, 9.17) is 14.3 Å². The molecule has 0 amide bonds. The zero-order chi connectivity index (χ0) is 24.3. The number of ether oxygens (including phenoxy) is 2. The standard InChI is InChI=1S/C28H27FN4O3/c1-18-12-32(17-30-18)24-7-4-20(23-8-9-35-26(23)24)10-21-11-28(15-34-16-28)14-33-25(13-36-31-27(21)33)19-2-5-22(29)6-3-19/h2-7,10,12,17,25H,8-9,11,13-16H2,1H3. The van der Waals surface area contributed by atoms with Gasteiger partial charge in [-0.25, -0.2) is 9.37 Å². The average Bonchev–Trinajstić information content (AvgIpc) is 3.53. The second-order valence-corrected chi connectivity index (χ2v) is 10.2. The first kappa shape index (κ1) is 21.6. The molecular formula is C28H27FN4O3. The van der Waals surface area contributed by atoms with Gasteiger partial charge in [-0.2, -0.15) is 0 Å². The number of amidine groups is 1. The Balaban J connectivity index is 1.29. The van der Waals surface area contributed by atoms with Crippen molar-refractivity contribution < 1.29 is 18.7 Å². The van der Waals surface area contributed by atoms with Gasteiger partial charge >= 0.3 is 0 Å². The number of benzene rings is 2. The summed E-state index contributed by atoms with van der Waals surface area (Å²) in [5.74, 6) is 1.54. The third kappa shape index (κ3) is 3.51. The highest BCUT2D eigenvalue weighted by molar-refractivity contribution is 6.03. The summed E-state index contributed by atoms with van der Waals surface area (Å²) in [6, 6.07) is 10.9. The molecule has 8 heteroatoms. The van der Waals surface area contributed by atoms with Gasteiger partial charge in [-0.3, -0.25) is 0 Å². The van der Waals surface area contributed by atoms with Crippen LogP contribution < -0.4 is 4.74 Å². The number of imidazole rings is 1. The Morgan fingerprint density at radius 1 is 1.14 bits per heavy atom. The lowest BCUT2D eigenvalue weighted by Gasteiger charge is -2.52. The van der Waals surface area contributed by atoms with Crippen LogP contribution >= 0.6 is 0 Å². The fourth-order valence-electron chi connectivity index (χ4n) is 5.83. The van der Waals surface area contributed by atoms with Crippen LogP contribution in [0.1, 0.15) is 34.8 Å². The van der Waals surface area contributed by atoms with Crippen molar-refractivity contribution >= 4 is 11.9 Å². The van der Waals surface area contributed by atoms with Gasteiger partial charge in [0.25, 0.3) is 0 Å². The van der Waals surface area contributed by atoms with Gasteiger partial charge in [0.05, 0.1) is 43.6 Å². The first-order chi connectivity index (χ1) is 17.6. The van der Waals surface area contributed by atoms with Crippen LogP contribution in [0, 0.1) is 18.2 Å². The number of rotatable bonds is 3. The predicted molar refractivity (Wildman–Crippen MR) is 133 cm³/mol. The molecule has 0 bridgehead atoms. The van der Waals surface area contributed by atoms with Crippen LogP contribution in [-0.2, 0) is 16.0 Å². The smallest absolute Gasteiger partial charge is 0.172 e. The third-order valence-electron chi connectivity index (χ3n) is 7.66. The normalized spacial score (nSPS) is 22.9. The summed E-state index contributed by atoms with van der Waals surface area (Å²) < 4.78 is 27.4. The van der Waals surface area contributed by atoms with Crippen molar-refractivity contribution in [3.8, 4) is 11.4 Å². The molecule has 0 radical (unpaired) electrons. The van der Waals surface area contributed by atoms with Gasteiger partial charge in [-0.1, -0.05) is 23.4 Å². The van der Waals surface area contributed by atoms with E-state index in [0.717, 1.165) is 72.3 Å². The zero-order valence-corrected chi connectivity index (χ0v) is 20.1. The fraction of sp³-hybridized carbons (Fsp3) is 0.357. The summed E-state index contributed by atoms with van der Waals surface area (Å²) in [7, 11) is 0. The van der Waals surface area contributed by atoms with E-state index in [0.29, 0.717) is 13.2 Å². The van der Waals surface area contributed by atoms with Gasteiger partial charge in [0, 0.05) is 30.1 Å². The van der Waals surface area contributed by atoms with Crippen LogP contribution in [0.25, 0.3) is 11.8 Å². The second-order valence-electron chi connectivity index (χ2n) is 10.2. The van der Waals surface area contributed by atoms with Gasteiger partial charge in [0.15, 0.2) is 5.84 Å². The van der Waals surface area contributed by atoms with Gasteiger partial charge in [-0.05, 0) is 54.3 Å². The lowest BCUT2D eigenvalue weighted by atomic mass is 9.74. The molecule has 36 heavy (non-hydrogen) atoms. The summed E-state index contributed by atoms with van der Waals surface area (Å²) in [4.78, 5) is 12.4. The van der Waals surface area contributed by atoms with Crippen molar-refractivity contribution in [2.45, 2.75) is 25.8 Å². The first-order valence-corrected chi connectivity index (χ1v) is 12.4. The first-order valence-electron chi connectivity index (χ1n) is 12.4. The molecule has 4 aliphatic heterocycles. The van der Waals surface area contributed by atoms with E-state index >= 15 is 0 Å². The molecule has 1 spiro atoms. The van der Waals surface area contributed by atoms with Crippen molar-refractivity contribution in [3.63, 3.8) is 0 Å². The van der Waals surface area contributed by atoms with Crippen molar-refractivity contribution in [1.82, 2.24) is 14.5 Å². The van der Waals surface area contributed by atoms with E-state index in [-0.39, 0.29) is 17.3 Å². The quantitative estimate of drug-likeness (QED) is 0.548. The topological polar surface area (TPSA) is 61.1 Å². The minimum atomic E-state index is -0.238. The molecule has 3 aromatic rings. The highest BCUT2D eigenvalue weighted by atomic mass is 19.1. The Hall–Kier alpha value is -3.65. The van der Waals surface area contributed by atoms with Crippen LogP contribution in [0.2, 0.25) is 0 Å². The largest absolute Gasteiger partial charge is 0.491 e. The van der Waals surface area contributed by atoms with Crippen molar-refractivity contribution in [1.29, 1.82) is 0 Å². The summed E-state index contributed by atoms with van der Waals surface area (Å²) in [5, 5.41) is 4.52. The predicted octanol–water partition coefficient (Wildman–Crippen LogP) is 4.45. The Kier molecular flexibility index (Phi) is 4.92. The number of oxime groups is 1. The molecule has 0 aliphatic carbocycles. The number of halogens is 1. The van der Waals surface area contributed by atoms with Gasteiger partial charge in [0.2, 0.25) is 0 Å². The molecule has 2 saturated heterocycles. The van der Waals surface area contributed by atoms with Crippen LogP contribution in [-0.4, -0.2) is 53.3 Å². The molecule has 1 aromatic heterocycles. The molecule has 7 nitrogen and oxygen atoms in total. The highest BCUT2D eigenvalue weighted by Gasteiger charge is 2.49. The molecule has 0 N–H and O–H groups in total. The van der Waals surface area contributed by atoms with E-state index in [1.165, 1.54) is 17.7 Å². The van der Waals surface area contributed by atoms with Crippen LogP contribution in [0.4, 0.5) is 4.39 Å². The molecule has 1 unspecified atom stereocenters. The fourth-order valence-corrected chi connectivity index (χ4v) is 5.83. The summed E-state index contributed by atoms with van der Waals surface area (Å²) in [5.41, 5.74) is 6.53. The minimum Gasteiger partial charge on any atom is -0.491 e. The van der Waals surface area contributed by atoms with Crippen LogP contribution in [0.3, 0.4) is 0 Å². The molecule has 184 valence electrons. The number of piperidine rings is 1. The molecule has 0 saturated carbocycles. The molecule has 2 aromatic carbocycles. The summed E-state index contributed by atoms with van der Waals surface area (Å²) in [6.07, 6.45) is 7.82. The summed E-state index contributed by atoms with van der Waals surface area (Å²) in [6.45, 7) is 5.38. The van der Waals surface area contributed by atoms with Crippen LogP contribution in [0.15, 0.2) is 59.7 Å². The summed E-state index contributed by atoms with van der Waals surface area (Å²) >= 11 is 0. The maximum Gasteiger partial charge on any atom is 0.172 e. The Labute approximate surface area is 208 Å². The number of hydrogen-bond acceptors (Lipinski definition) is 6. The van der Waals surface area contributed by atoms with Crippen molar-refractivity contribution in [2.24, 2.45) is 10.6 Å². The van der Waals surface area contributed by atoms with Gasteiger partial charge in [-0.15, -0.1) is 0 Å². The number of hydrogen-bond donors (Lipinski definition) is 0. The maximum atomic E-state index is 13.6. The van der Waals surface area contributed by atoms with E-state index in [1.807, 2.05) is 36.1 Å². The zero-order valence-electron chi connectivity index (χ0n) is 20.1. The number of aromatic nitrogens is 2. The lowest BCUT2D eigenvalue weighted by molar-refractivity contribution is -0.131. The lowest BCUT2D eigenvalue weighted by Crippen LogP contribution is -2.58. The number of aryl methyl sites for hydroxylation is 1. The molecule has 5 heterocycles. The molecule has 4 aliphatic rings. The minimum absolute atomic E-state index is 0.0276. The molecule has 1 atom stereocenters. The SMILES string of the molecule is Cc1cn(-c2ccc(C=C3CC4(COC4)CN4C3=NOCC4c3ccc(F)cc3)c3c2OCC3)cn1. The van der Waals surface area contributed by atoms with Crippen molar-refractivity contribution in [3.05, 3.63) is 82.7 Å². The Morgan fingerprint density at radius 3 is 2.75 bits per heavy atom. The molecule has 7 rings (SSSR count). The van der Waals surface area contributed by atoms with E-state index < -0.39 is 0 Å². The number of fused-ring (bicyclic) bond motifs is 2. The van der Waals surface area contributed by atoms with Gasteiger partial charge in [0.1, 0.15) is 18.2 Å². The third-order valence-corrected chi connectivity index (χ3v) is 7.66. The van der Waals surface area contributed by atoms with Crippen LogP contribution in [0.5, 0.6) is 5.75 Å². The van der Waals surface area contributed by atoms with E-state index in [2.05, 4.69) is 33.2 Å². The Bertz CT molecular complexity index is 1390. The molecular weight excluding hydrogens is 459 g/mol. The number of nitrogens with zero attached hydrogens (tertiary/aromatic N) is 4. The Morgan fingerprint density at radius 2 is 2.00 bits per heavy atom. The highest BCUT2D eigenvalue weighted by Crippen LogP contribution is 2.45. The van der Waals surface area contributed by atoms with E-state index in [1.54, 1.807) is 0 Å². The molecule has 2 fully saturated rings. The average molecular weight is 487 g/mol. The van der Waals surface area contributed by atoms with E-state index in [9.17, 15) is 4.39 Å². The van der Waals surface area contributed by atoms with Crippen molar-refractivity contribution in [2.75, 3.05) is 33.0 Å². The van der Waals surface area contributed by atoms with Gasteiger partial charge < -0.3 is 23.8 Å². The maximum absolute atomic E-state index is 13.6. The second kappa shape index (κ2) is 8.20.